The highest BCUT2D eigenvalue weighted by molar-refractivity contribution is 6.71. The molecule has 0 amide bonds. The summed E-state index contributed by atoms with van der Waals surface area (Å²) in [6, 6.07) is 7.93. The number of hydrogen-bond acceptors (Lipinski definition) is 5. The van der Waals surface area contributed by atoms with E-state index < -0.39 is 5.60 Å². The molecular weight excluding hydrogens is 381 g/mol. The lowest BCUT2D eigenvalue weighted by atomic mass is 9.40. The van der Waals surface area contributed by atoms with E-state index >= 15 is 0 Å². The Labute approximate surface area is 176 Å². The second-order valence-electron chi connectivity index (χ2n) is 9.66. The van der Waals surface area contributed by atoms with Crippen LogP contribution in [0, 0.1) is 0 Å². The van der Waals surface area contributed by atoms with Gasteiger partial charge in [-0.3, -0.25) is 14.2 Å². The van der Waals surface area contributed by atoms with Gasteiger partial charge in [-0.05, 0) is 44.3 Å². The maximum atomic E-state index is 13.0. The van der Waals surface area contributed by atoms with Crippen molar-refractivity contribution in [3.63, 3.8) is 0 Å². The number of benzene rings is 1. The van der Waals surface area contributed by atoms with Crippen molar-refractivity contribution < 1.29 is 14.4 Å². The molecule has 158 valence electrons. The molecule has 0 unspecified atom stereocenters. The molecule has 8 heteroatoms. The van der Waals surface area contributed by atoms with Gasteiger partial charge in [0.05, 0.1) is 22.2 Å². The van der Waals surface area contributed by atoms with Crippen molar-refractivity contribution in [3.8, 4) is 0 Å². The highest BCUT2D eigenvalue weighted by Crippen LogP contribution is 2.48. The van der Waals surface area contributed by atoms with Crippen LogP contribution in [0.5, 0.6) is 0 Å². The molecule has 2 fully saturated rings. The lowest BCUT2D eigenvalue weighted by molar-refractivity contribution is -0.261. The van der Waals surface area contributed by atoms with Crippen LogP contribution in [-0.2, 0) is 21.5 Å². The minimum absolute atomic E-state index is 0.0225. The fourth-order valence-corrected chi connectivity index (χ4v) is 4.53. The van der Waals surface area contributed by atoms with Gasteiger partial charge in [-0.2, -0.15) is 5.10 Å². The Kier molecular flexibility index (Phi) is 4.40. The summed E-state index contributed by atoms with van der Waals surface area (Å²) in [5, 5.41) is 5.33. The molecule has 0 spiro atoms. The Morgan fingerprint density at radius 1 is 1.13 bits per heavy atom. The van der Waals surface area contributed by atoms with Crippen LogP contribution >= 0.6 is 0 Å². The fourth-order valence-electron chi connectivity index (χ4n) is 4.53. The van der Waals surface area contributed by atoms with E-state index in [4.69, 9.17) is 19.5 Å². The maximum Gasteiger partial charge on any atom is 0.381 e. The summed E-state index contributed by atoms with van der Waals surface area (Å²) in [6.07, 6.45) is 1.91. The molecule has 0 atom stereocenters. The van der Waals surface area contributed by atoms with Crippen LogP contribution in [0.1, 0.15) is 52.1 Å². The summed E-state index contributed by atoms with van der Waals surface area (Å²) < 4.78 is 9.08. The van der Waals surface area contributed by atoms with E-state index in [-0.39, 0.29) is 17.8 Å². The van der Waals surface area contributed by atoms with Crippen LogP contribution in [-0.4, -0.2) is 39.9 Å². The number of aromatic nitrogens is 3. The monoisotopic (exact) mass is 409 g/mol. The standard InChI is InChI=1S/C22H28BN3O4/c1-21(2)22(3,4)29-30-23(21)15-6-7-16-18(12-15)26-19(25(5)20(16)27)13-17(24-26)14-8-10-28-11-9-14/h6-7,12-14H,8-11H2,1-5H3. The zero-order valence-corrected chi connectivity index (χ0v) is 18.3. The molecular formula is C22H28BN3O4. The van der Waals surface area contributed by atoms with E-state index in [1.165, 1.54) is 0 Å². The van der Waals surface area contributed by atoms with Gasteiger partial charge in [-0.1, -0.05) is 19.9 Å². The SMILES string of the molecule is Cn1c(=O)c2ccc(B3OOC(C)(C)C3(C)C)cc2n2nc(C3CCOCC3)cc12. The summed E-state index contributed by atoms with van der Waals surface area (Å²) in [6.45, 7) is 9.64. The van der Waals surface area contributed by atoms with Crippen molar-refractivity contribution >= 4 is 28.9 Å². The molecule has 0 radical (unpaired) electrons. The molecule has 3 aromatic rings. The minimum Gasteiger partial charge on any atom is -0.381 e. The van der Waals surface area contributed by atoms with Gasteiger partial charge in [0, 0.05) is 37.6 Å². The van der Waals surface area contributed by atoms with Crippen LogP contribution in [0.2, 0.25) is 5.31 Å². The van der Waals surface area contributed by atoms with E-state index in [1.54, 1.807) is 11.6 Å². The quantitative estimate of drug-likeness (QED) is 0.481. The van der Waals surface area contributed by atoms with Crippen molar-refractivity contribution in [2.45, 2.75) is 57.4 Å². The van der Waals surface area contributed by atoms with Gasteiger partial charge in [0.2, 0.25) is 0 Å². The Hall–Kier alpha value is -2.16. The van der Waals surface area contributed by atoms with Crippen LogP contribution in [0.4, 0.5) is 0 Å². The molecule has 2 aliphatic rings. The van der Waals surface area contributed by atoms with E-state index in [1.807, 2.05) is 42.6 Å². The third kappa shape index (κ3) is 2.77. The van der Waals surface area contributed by atoms with Gasteiger partial charge >= 0.3 is 6.92 Å². The summed E-state index contributed by atoms with van der Waals surface area (Å²) in [7, 11) is 1.81. The van der Waals surface area contributed by atoms with Crippen molar-refractivity contribution in [3.05, 3.63) is 40.3 Å². The first-order valence-electron chi connectivity index (χ1n) is 10.7. The predicted octanol–water partition coefficient (Wildman–Crippen LogP) is 2.80. The zero-order valence-electron chi connectivity index (χ0n) is 18.3. The van der Waals surface area contributed by atoms with Gasteiger partial charge in [0.25, 0.3) is 5.56 Å². The molecule has 1 aromatic carbocycles. The molecule has 0 saturated carbocycles. The fraction of sp³-hybridized carbons (Fsp3) is 0.545. The Morgan fingerprint density at radius 2 is 1.87 bits per heavy atom. The summed E-state index contributed by atoms with van der Waals surface area (Å²) in [5.74, 6) is 0.360. The van der Waals surface area contributed by atoms with Gasteiger partial charge in [0.15, 0.2) is 0 Å². The number of fused-ring (bicyclic) bond motifs is 3. The van der Waals surface area contributed by atoms with E-state index in [2.05, 4.69) is 13.8 Å². The molecule has 7 nitrogen and oxygen atoms in total. The van der Waals surface area contributed by atoms with Crippen molar-refractivity contribution in [1.29, 1.82) is 0 Å². The molecule has 0 aliphatic carbocycles. The second-order valence-corrected chi connectivity index (χ2v) is 9.66. The largest absolute Gasteiger partial charge is 0.381 e. The van der Waals surface area contributed by atoms with Crippen LogP contribution in [0.25, 0.3) is 16.6 Å². The van der Waals surface area contributed by atoms with Gasteiger partial charge in [0.1, 0.15) is 5.65 Å². The first-order chi connectivity index (χ1) is 14.2. The van der Waals surface area contributed by atoms with Gasteiger partial charge in [-0.25, -0.2) is 9.40 Å². The Bertz CT molecular complexity index is 1190. The molecule has 2 aliphatic heterocycles. The van der Waals surface area contributed by atoms with Crippen molar-refractivity contribution in [2.24, 2.45) is 7.05 Å². The predicted molar refractivity (Wildman–Crippen MR) is 116 cm³/mol. The highest BCUT2D eigenvalue weighted by Gasteiger charge is 2.56. The lowest BCUT2D eigenvalue weighted by Crippen LogP contribution is -2.44. The van der Waals surface area contributed by atoms with E-state index in [9.17, 15) is 4.79 Å². The van der Waals surface area contributed by atoms with Crippen LogP contribution < -0.4 is 11.0 Å². The first-order valence-corrected chi connectivity index (χ1v) is 10.7. The second kappa shape index (κ2) is 6.67. The Morgan fingerprint density at radius 3 is 2.53 bits per heavy atom. The van der Waals surface area contributed by atoms with Gasteiger partial charge in [-0.15, -0.1) is 0 Å². The molecule has 30 heavy (non-hydrogen) atoms. The minimum atomic E-state index is -0.420. The van der Waals surface area contributed by atoms with E-state index in [0.29, 0.717) is 11.3 Å². The number of aryl methyl sites for hydroxylation is 1. The average molecular weight is 409 g/mol. The average Bonchev–Trinajstić information content (AvgIpc) is 3.26. The number of rotatable bonds is 2. The van der Waals surface area contributed by atoms with Crippen molar-refractivity contribution in [2.75, 3.05) is 13.2 Å². The van der Waals surface area contributed by atoms with Crippen LogP contribution in [0.15, 0.2) is 29.1 Å². The highest BCUT2D eigenvalue weighted by atomic mass is 17.2. The Balaban J connectivity index is 1.69. The molecule has 5 rings (SSSR count). The third-order valence-electron chi connectivity index (χ3n) is 7.34. The third-order valence-corrected chi connectivity index (χ3v) is 7.34. The smallest absolute Gasteiger partial charge is 0.381 e. The normalized spacial score (nSPS) is 21.7. The number of nitrogens with zero attached hydrogens (tertiary/aromatic N) is 3. The molecule has 4 heterocycles. The summed E-state index contributed by atoms with van der Waals surface area (Å²) in [4.78, 5) is 24.4. The summed E-state index contributed by atoms with van der Waals surface area (Å²) in [5.41, 5.74) is 3.16. The topological polar surface area (TPSA) is 67.0 Å². The molecule has 2 aromatic heterocycles. The van der Waals surface area contributed by atoms with Crippen LogP contribution in [0.3, 0.4) is 0 Å². The maximum absolute atomic E-state index is 13.0. The first kappa shape index (κ1) is 19.8. The molecule has 2 saturated heterocycles. The summed E-state index contributed by atoms with van der Waals surface area (Å²) >= 11 is 0. The number of hydrogen-bond donors (Lipinski definition) is 0. The molecule has 0 bridgehead atoms. The van der Waals surface area contributed by atoms with Gasteiger partial charge < -0.3 is 4.74 Å². The lowest BCUT2D eigenvalue weighted by Gasteiger charge is -2.31. The van der Waals surface area contributed by atoms with E-state index in [0.717, 1.165) is 48.4 Å². The molecule has 0 N–H and O–H groups in total. The number of ether oxygens (including phenoxy) is 1. The van der Waals surface area contributed by atoms with Crippen molar-refractivity contribution in [1.82, 2.24) is 14.2 Å². The zero-order chi connectivity index (χ0) is 21.3.